The van der Waals surface area contributed by atoms with E-state index in [1.807, 2.05) is 24.3 Å². The number of thiophene rings is 1. The zero-order valence-electron chi connectivity index (χ0n) is 27.3. The molecule has 0 spiro atoms. The molecule has 0 saturated carbocycles. The number of esters is 1. The number of oxazole rings is 1. The summed E-state index contributed by atoms with van der Waals surface area (Å²) in [5.74, 6) is 0.267. The number of benzene rings is 1. The number of carbonyl (C=O) groups excluding carboxylic acids is 1. The molecule has 0 radical (unpaired) electrons. The number of fused-ring (bicyclic) bond motifs is 3. The monoisotopic (exact) mass is 651 g/mol. The van der Waals surface area contributed by atoms with E-state index in [1.165, 1.54) is 42.2 Å². The summed E-state index contributed by atoms with van der Waals surface area (Å²) < 4.78 is 32.5. The molecular weight excluding hydrogens is 610 g/mol. The molecule has 12 heteroatoms. The summed E-state index contributed by atoms with van der Waals surface area (Å²) in [5.41, 5.74) is -2.32. The molecule has 1 unspecified atom stereocenters. The van der Waals surface area contributed by atoms with Crippen LogP contribution >= 0.6 is 11.3 Å². The molecule has 5 heterocycles. The van der Waals surface area contributed by atoms with Crippen LogP contribution in [0.5, 0.6) is 5.75 Å². The fourth-order valence-corrected chi connectivity index (χ4v) is 7.74. The standard InChI is InChI=1S/C34H41N3O8S/c1-19-26-29(38)37(34(5,6)31(39)45-33(2,3)4)32(40)36(30(26)46-27(19)28-35-14-15-42-28)18-25(23-10-8-9-11-24(23)41-7)44-22-16-20-12-13-21(17-22)43-20/h8-11,14-15,20-22,25H,12-13,16-18H2,1-7H3/t20-,21+,22?,25-/m0/s1. The highest BCUT2D eigenvalue weighted by Gasteiger charge is 2.40. The first-order chi connectivity index (χ1) is 21.8. The number of ether oxygens (including phenoxy) is 4. The van der Waals surface area contributed by atoms with Gasteiger partial charge in [0.25, 0.3) is 5.56 Å². The zero-order chi connectivity index (χ0) is 33.0. The first-order valence-corrected chi connectivity index (χ1v) is 16.5. The molecule has 6 rings (SSSR count). The number of para-hydroxylation sites is 1. The Balaban J connectivity index is 1.55. The van der Waals surface area contributed by atoms with Crippen molar-refractivity contribution in [1.29, 1.82) is 0 Å². The number of aromatic nitrogens is 3. The molecule has 0 N–H and O–H groups in total. The van der Waals surface area contributed by atoms with Crippen LogP contribution in [0.15, 0.2) is 50.7 Å². The maximum absolute atomic E-state index is 14.6. The molecule has 2 aliphatic heterocycles. The zero-order valence-corrected chi connectivity index (χ0v) is 28.1. The van der Waals surface area contributed by atoms with Crippen molar-refractivity contribution in [2.45, 2.75) is 109 Å². The largest absolute Gasteiger partial charge is 0.496 e. The highest BCUT2D eigenvalue weighted by atomic mass is 32.1. The first kappa shape index (κ1) is 32.2. The minimum atomic E-state index is -1.63. The molecule has 0 amide bonds. The van der Waals surface area contributed by atoms with E-state index in [4.69, 9.17) is 23.4 Å². The van der Waals surface area contributed by atoms with E-state index in [-0.39, 0.29) is 24.9 Å². The lowest BCUT2D eigenvalue weighted by atomic mass is 10.0. The highest BCUT2D eigenvalue weighted by Crippen LogP contribution is 2.40. The third kappa shape index (κ3) is 5.93. The van der Waals surface area contributed by atoms with E-state index in [0.717, 1.165) is 35.8 Å². The number of carbonyl (C=O) groups is 1. The Kier molecular flexibility index (Phi) is 8.49. The van der Waals surface area contributed by atoms with E-state index in [9.17, 15) is 14.4 Å². The van der Waals surface area contributed by atoms with Gasteiger partial charge in [-0.3, -0.25) is 9.36 Å². The lowest BCUT2D eigenvalue weighted by Gasteiger charge is -2.33. The van der Waals surface area contributed by atoms with Crippen molar-refractivity contribution in [3.8, 4) is 16.5 Å². The van der Waals surface area contributed by atoms with Crippen LogP contribution in [-0.4, -0.2) is 51.1 Å². The summed E-state index contributed by atoms with van der Waals surface area (Å²) in [5, 5.41) is 0.303. The predicted octanol–water partition coefficient (Wildman–Crippen LogP) is 5.74. The predicted molar refractivity (Wildman–Crippen MR) is 173 cm³/mol. The van der Waals surface area contributed by atoms with E-state index in [0.29, 0.717) is 32.3 Å². The van der Waals surface area contributed by atoms with Crippen molar-refractivity contribution < 1.29 is 28.2 Å². The molecule has 4 atom stereocenters. The van der Waals surface area contributed by atoms with Gasteiger partial charge in [0.05, 0.1) is 48.4 Å². The molecule has 0 aliphatic carbocycles. The van der Waals surface area contributed by atoms with E-state index >= 15 is 0 Å². The van der Waals surface area contributed by atoms with Crippen LogP contribution in [0.1, 0.15) is 77.5 Å². The third-order valence-corrected chi connectivity index (χ3v) is 10.0. The molecule has 3 aromatic heterocycles. The Labute approximate surface area is 271 Å². The van der Waals surface area contributed by atoms with E-state index in [1.54, 1.807) is 34.8 Å². The highest BCUT2D eigenvalue weighted by molar-refractivity contribution is 7.22. The second-order valence-corrected chi connectivity index (χ2v) is 14.6. The molecular formula is C34H41N3O8S. The maximum atomic E-state index is 14.6. The lowest BCUT2D eigenvalue weighted by Crippen LogP contribution is -2.54. The average Bonchev–Trinajstić information content (AvgIpc) is 3.72. The van der Waals surface area contributed by atoms with Gasteiger partial charge in [-0.25, -0.2) is 19.1 Å². The normalized spacial score (nSPS) is 20.6. The molecule has 4 aromatic rings. The van der Waals surface area contributed by atoms with Gasteiger partial charge in [0, 0.05) is 5.56 Å². The fourth-order valence-electron chi connectivity index (χ4n) is 6.50. The number of nitrogens with zero attached hydrogens (tertiary/aromatic N) is 3. The van der Waals surface area contributed by atoms with Crippen LogP contribution < -0.4 is 16.0 Å². The van der Waals surface area contributed by atoms with Crippen LogP contribution in [-0.2, 0) is 31.1 Å². The number of hydrogen-bond acceptors (Lipinski definition) is 10. The van der Waals surface area contributed by atoms with Crippen molar-refractivity contribution >= 4 is 27.5 Å². The summed E-state index contributed by atoms with van der Waals surface area (Å²) in [6.45, 7) is 10.1. The summed E-state index contributed by atoms with van der Waals surface area (Å²) >= 11 is 1.25. The van der Waals surface area contributed by atoms with Gasteiger partial charge in [-0.15, -0.1) is 11.3 Å². The SMILES string of the molecule is COc1ccccc1[C@H](Cn1c(=O)n(C(C)(C)C(=O)OC(C)(C)C)c(=O)c2c(C)c(-c3ncco3)sc21)OC1C[C@H]2CC[C@@H](C1)O2. The van der Waals surface area contributed by atoms with Crippen LogP contribution in [0, 0.1) is 6.92 Å². The maximum Gasteiger partial charge on any atom is 0.333 e. The minimum absolute atomic E-state index is 0.0536. The number of methoxy groups -OCH3 is 1. The Bertz CT molecular complexity index is 1850. The van der Waals surface area contributed by atoms with Gasteiger partial charge in [0.2, 0.25) is 5.89 Å². The second-order valence-electron chi connectivity index (χ2n) is 13.6. The third-order valence-electron chi connectivity index (χ3n) is 8.73. The lowest BCUT2D eigenvalue weighted by molar-refractivity contribution is -0.164. The van der Waals surface area contributed by atoms with E-state index in [2.05, 4.69) is 4.98 Å². The van der Waals surface area contributed by atoms with Gasteiger partial charge in [0.1, 0.15) is 34.1 Å². The number of hydrogen-bond donors (Lipinski definition) is 0. The Morgan fingerprint density at radius 1 is 1.11 bits per heavy atom. The average molecular weight is 652 g/mol. The minimum Gasteiger partial charge on any atom is -0.496 e. The summed E-state index contributed by atoms with van der Waals surface area (Å²) in [4.78, 5) is 47.9. The van der Waals surface area contributed by atoms with Crippen LogP contribution in [0.3, 0.4) is 0 Å². The Morgan fingerprint density at radius 2 is 1.80 bits per heavy atom. The van der Waals surface area contributed by atoms with Gasteiger partial charge in [-0.2, -0.15) is 0 Å². The molecule has 1 aromatic carbocycles. The van der Waals surface area contributed by atoms with Gasteiger partial charge < -0.3 is 23.4 Å². The molecule has 2 saturated heterocycles. The van der Waals surface area contributed by atoms with Gasteiger partial charge in [-0.05, 0) is 78.9 Å². The van der Waals surface area contributed by atoms with Crippen LogP contribution in [0.4, 0.5) is 0 Å². The second kappa shape index (κ2) is 12.1. The molecule has 11 nitrogen and oxygen atoms in total. The van der Waals surface area contributed by atoms with Crippen molar-refractivity contribution in [1.82, 2.24) is 14.1 Å². The summed E-state index contributed by atoms with van der Waals surface area (Å²) in [6, 6.07) is 7.58. The van der Waals surface area contributed by atoms with Crippen LogP contribution in [0.25, 0.3) is 21.0 Å². The van der Waals surface area contributed by atoms with Crippen molar-refractivity contribution in [2.75, 3.05) is 7.11 Å². The molecule has 2 bridgehead atoms. The van der Waals surface area contributed by atoms with Crippen molar-refractivity contribution in [3.05, 3.63) is 68.7 Å². The summed E-state index contributed by atoms with van der Waals surface area (Å²) in [6.07, 6.45) is 6.10. The first-order valence-electron chi connectivity index (χ1n) is 15.6. The molecule has 2 fully saturated rings. The number of rotatable bonds is 9. The van der Waals surface area contributed by atoms with Gasteiger partial charge in [-0.1, -0.05) is 18.2 Å². The fraction of sp³-hybridized carbons (Fsp3) is 0.529. The molecule has 46 heavy (non-hydrogen) atoms. The van der Waals surface area contributed by atoms with Crippen molar-refractivity contribution in [2.24, 2.45) is 0 Å². The van der Waals surface area contributed by atoms with Gasteiger partial charge >= 0.3 is 11.7 Å². The topological polar surface area (TPSA) is 124 Å². The van der Waals surface area contributed by atoms with Crippen LogP contribution in [0.2, 0.25) is 0 Å². The molecule has 2 aliphatic rings. The van der Waals surface area contributed by atoms with E-state index < -0.39 is 34.5 Å². The quantitative estimate of drug-likeness (QED) is 0.208. The molecule has 246 valence electrons. The smallest absolute Gasteiger partial charge is 0.333 e. The van der Waals surface area contributed by atoms with Crippen molar-refractivity contribution in [3.63, 3.8) is 0 Å². The summed E-state index contributed by atoms with van der Waals surface area (Å²) in [7, 11) is 1.60. The Morgan fingerprint density at radius 3 is 2.43 bits per heavy atom. The Hall–Kier alpha value is -3.74. The number of aryl methyl sites for hydroxylation is 1. The van der Waals surface area contributed by atoms with Gasteiger partial charge in [0.15, 0.2) is 0 Å².